The molecule has 0 spiro atoms. The number of nitrogens with one attached hydrogen (secondary N) is 1. The molecule has 6 nitrogen and oxygen atoms in total. The molecule has 6 heteroatoms. The minimum atomic E-state index is -0.111. The van der Waals surface area contributed by atoms with E-state index in [0.29, 0.717) is 11.8 Å². The van der Waals surface area contributed by atoms with Gasteiger partial charge < -0.3 is 14.3 Å². The lowest BCUT2D eigenvalue weighted by Gasteiger charge is -2.10. The fourth-order valence-electron chi connectivity index (χ4n) is 3.21. The first-order valence-corrected chi connectivity index (χ1v) is 9.41. The Balaban J connectivity index is 1.66. The summed E-state index contributed by atoms with van der Waals surface area (Å²) < 4.78 is 7.74. The highest BCUT2D eigenvalue weighted by Gasteiger charge is 2.18. The van der Waals surface area contributed by atoms with Crippen LogP contribution < -0.4 is 5.32 Å². The number of benzene rings is 2. The highest BCUT2D eigenvalue weighted by molar-refractivity contribution is 5.93. The van der Waals surface area contributed by atoms with Gasteiger partial charge in [-0.1, -0.05) is 42.8 Å². The lowest BCUT2D eigenvalue weighted by Crippen LogP contribution is -2.19. The molecule has 4 aromatic rings. The molecule has 0 bridgehead atoms. The Hall–Kier alpha value is -3.41. The highest BCUT2D eigenvalue weighted by Crippen LogP contribution is 2.28. The van der Waals surface area contributed by atoms with Crippen molar-refractivity contribution in [2.45, 2.75) is 33.2 Å². The smallest absolute Gasteiger partial charge is 0.264 e. The van der Waals surface area contributed by atoms with Gasteiger partial charge in [-0.2, -0.15) is 0 Å². The monoisotopic (exact) mass is 374 g/mol. The van der Waals surface area contributed by atoms with E-state index in [1.54, 1.807) is 0 Å². The molecule has 142 valence electrons. The first-order valence-electron chi connectivity index (χ1n) is 9.41. The van der Waals surface area contributed by atoms with E-state index in [4.69, 9.17) is 4.42 Å². The maximum Gasteiger partial charge on any atom is 0.264 e. The molecule has 0 unspecified atom stereocenters. The number of anilines is 1. The van der Waals surface area contributed by atoms with E-state index in [2.05, 4.69) is 22.4 Å². The van der Waals surface area contributed by atoms with Gasteiger partial charge in [-0.25, -0.2) is 0 Å². The SMILES string of the molecule is CCCc1nnc(-c2cc3ccccc3n2CC(=O)Nc2ccc(C)cc2)o1. The van der Waals surface area contributed by atoms with Crippen molar-refractivity contribution < 1.29 is 9.21 Å². The van der Waals surface area contributed by atoms with Crippen LogP contribution in [0.3, 0.4) is 0 Å². The van der Waals surface area contributed by atoms with Crippen LogP contribution in [-0.2, 0) is 17.8 Å². The van der Waals surface area contributed by atoms with Gasteiger partial charge in [-0.05, 0) is 37.6 Å². The van der Waals surface area contributed by atoms with Crippen LogP contribution >= 0.6 is 0 Å². The van der Waals surface area contributed by atoms with Crippen molar-refractivity contribution in [1.82, 2.24) is 14.8 Å². The lowest BCUT2D eigenvalue weighted by atomic mass is 10.2. The van der Waals surface area contributed by atoms with Crippen LogP contribution in [0, 0.1) is 6.92 Å². The molecule has 0 aliphatic heterocycles. The van der Waals surface area contributed by atoms with Crippen molar-refractivity contribution in [3.05, 3.63) is 66.1 Å². The Morgan fingerprint density at radius 2 is 1.89 bits per heavy atom. The average molecular weight is 374 g/mol. The summed E-state index contributed by atoms with van der Waals surface area (Å²) in [5.74, 6) is 0.931. The van der Waals surface area contributed by atoms with Crippen LogP contribution in [-0.4, -0.2) is 20.7 Å². The molecule has 2 heterocycles. The van der Waals surface area contributed by atoms with Crippen molar-refractivity contribution in [2.24, 2.45) is 0 Å². The second kappa shape index (κ2) is 7.68. The molecule has 1 amide bonds. The third-order valence-corrected chi connectivity index (χ3v) is 4.60. The van der Waals surface area contributed by atoms with Crippen molar-refractivity contribution >= 4 is 22.5 Å². The number of rotatable bonds is 6. The van der Waals surface area contributed by atoms with Crippen molar-refractivity contribution in [3.63, 3.8) is 0 Å². The number of amides is 1. The summed E-state index contributed by atoms with van der Waals surface area (Å²) in [6, 6.07) is 17.7. The van der Waals surface area contributed by atoms with E-state index in [1.165, 1.54) is 0 Å². The largest absolute Gasteiger partial charge is 0.419 e. The Morgan fingerprint density at radius 3 is 2.68 bits per heavy atom. The molecule has 0 atom stereocenters. The minimum Gasteiger partial charge on any atom is -0.419 e. The molecule has 0 fully saturated rings. The molecular formula is C22H22N4O2. The summed E-state index contributed by atoms with van der Waals surface area (Å²) in [7, 11) is 0. The molecule has 0 saturated heterocycles. The number of carbonyl (C=O) groups is 1. The second-order valence-corrected chi connectivity index (χ2v) is 6.84. The van der Waals surface area contributed by atoms with Gasteiger partial charge in [0.15, 0.2) is 0 Å². The molecule has 0 saturated carbocycles. The quantitative estimate of drug-likeness (QED) is 0.536. The molecular weight excluding hydrogens is 352 g/mol. The van der Waals surface area contributed by atoms with Crippen LogP contribution in [0.1, 0.15) is 24.8 Å². The number of aryl methyl sites for hydroxylation is 2. The summed E-state index contributed by atoms with van der Waals surface area (Å²) in [5, 5.41) is 12.3. The lowest BCUT2D eigenvalue weighted by molar-refractivity contribution is -0.116. The number of carbonyl (C=O) groups excluding carboxylic acids is 1. The zero-order chi connectivity index (χ0) is 19.5. The molecule has 0 radical (unpaired) electrons. The molecule has 4 rings (SSSR count). The molecule has 2 aromatic carbocycles. The standard InChI is InChI=1S/C22H22N4O2/c1-3-6-21-24-25-22(28-21)19-13-16-7-4-5-8-18(16)26(19)14-20(27)23-17-11-9-15(2)10-12-17/h4-5,7-13H,3,6,14H2,1-2H3,(H,23,27). The molecule has 0 aliphatic rings. The van der Waals surface area contributed by atoms with Crippen LogP contribution in [0.2, 0.25) is 0 Å². The number of nitrogens with zero attached hydrogens (tertiary/aromatic N) is 3. The van der Waals surface area contributed by atoms with Gasteiger partial charge in [0.05, 0.1) is 0 Å². The zero-order valence-corrected chi connectivity index (χ0v) is 16.0. The first-order chi connectivity index (χ1) is 13.6. The molecule has 1 N–H and O–H groups in total. The fourth-order valence-corrected chi connectivity index (χ4v) is 3.21. The maximum absolute atomic E-state index is 12.7. The second-order valence-electron chi connectivity index (χ2n) is 6.84. The third kappa shape index (κ3) is 3.67. The molecule has 2 aromatic heterocycles. The predicted octanol–water partition coefficient (Wildman–Crippen LogP) is 4.59. The van der Waals surface area contributed by atoms with Gasteiger partial charge >= 0.3 is 0 Å². The van der Waals surface area contributed by atoms with E-state index >= 15 is 0 Å². The van der Waals surface area contributed by atoms with Crippen molar-refractivity contribution in [3.8, 4) is 11.6 Å². The van der Waals surface area contributed by atoms with Gasteiger partial charge in [-0.15, -0.1) is 10.2 Å². The number of hydrogen-bond donors (Lipinski definition) is 1. The number of aromatic nitrogens is 3. The maximum atomic E-state index is 12.7. The van der Waals surface area contributed by atoms with Crippen LogP contribution in [0.15, 0.2) is 59.0 Å². The van der Waals surface area contributed by atoms with E-state index < -0.39 is 0 Å². The van der Waals surface area contributed by atoms with Crippen LogP contribution in [0.25, 0.3) is 22.5 Å². The van der Waals surface area contributed by atoms with E-state index in [9.17, 15) is 4.79 Å². The predicted molar refractivity (Wildman–Crippen MR) is 109 cm³/mol. The van der Waals surface area contributed by atoms with E-state index in [0.717, 1.165) is 40.7 Å². The van der Waals surface area contributed by atoms with Gasteiger partial charge in [0.1, 0.15) is 12.2 Å². The third-order valence-electron chi connectivity index (χ3n) is 4.60. The summed E-state index contributed by atoms with van der Waals surface area (Å²) in [6.45, 7) is 4.24. The van der Waals surface area contributed by atoms with E-state index in [1.807, 2.05) is 66.1 Å². The Kier molecular flexibility index (Phi) is 4.93. The van der Waals surface area contributed by atoms with Crippen molar-refractivity contribution in [2.75, 3.05) is 5.32 Å². The molecule has 28 heavy (non-hydrogen) atoms. The number of fused-ring (bicyclic) bond motifs is 1. The Bertz CT molecular complexity index is 1110. The van der Waals surface area contributed by atoms with Crippen LogP contribution in [0.4, 0.5) is 5.69 Å². The summed E-state index contributed by atoms with van der Waals surface area (Å²) in [4.78, 5) is 12.7. The highest BCUT2D eigenvalue weighted by atomic mass is 16.4. The zero-order valence-electron chi connectivity index (χ0n) is 16.0. The topological polar surface area (TPSA) is 73.0 Å². The van der Waals surface area contributed by atoms with Gasteiger partial charge in [0.25, 0.3) is 5.89 Å². The normalized spacial score (nSPS) is 11.1. The Labute approximate surface area is 163 Å². The fraction of sp³-hybridized carbons (Fsp3) is 0.227. The summed E-state index contributed by atoms with van der Waals surface area (Å²) >= 11 is 0. The van der Waals surface area contributed by atoms with Gasteiger partial charge in [0, 0.05) is 23.0 Å². The van der Waals surface area contributed by atoms with Crippen molar-refractivity contribution in [1.29, 1.82) is 0 Å². The summed E-state index contributed by atoms with van der Waals surface area (Å²) in [6.07, 6.45) is 1.67. The Morgan fingerprint density at radius 1 is 1.11 bits per heavy atom. The van der Waals surface area contributed by atoms with E-state index in [-0.39, 0.29) is 12.5 Å². The number of para-hydroxylation sites is 1. The average Bonchev–Trinajstić information content (AvgIpc) is 3.29. The molecule has 0 aliphatic carbocycles. The van der Waals surface area contributed by atoms with Gasteiger partial charge in [0.2, 0.25) is 11.8 Å². The first kappa shape index (κ1) is 18.0. The van der Waals surface area contributed by atoms with Gasteiger partial charge in [-0.3, -0.25) is 4.79 Å². The minimum absolute atomic E-state index is 0.111. The summed E-state index contributed by atoms with van der Waals surface area (Å²) in [5.41, 5.74) is 3.62. The number of hydrogen-bond acceptors (Lipinski definition) is 4. The van der Waals surface area contributed by atoms with Crippen LogP contribution in [0.5, 0.6) is 0 Å².